The molecule has 2 N–H and O–H groups in total. The Bertz CT molecular complexity index is 1540. The van der Waals surface area contributed by atoms with E-state index in [-0.39, 0.29) is 4.75 Å². The van der Waals surface area contributed by atoms with Crippen LogP contribution in [-0.4, -0.2) is 92.2 Å². The summed E-state index contributed by atoms with van der Waals surface area (Å²) in [5.74, 6) is 2.45. The first-order valence-corrected chi connectivity index (χ1v) is 14.7. The van der Waals surface area contributed by atoms with Crippen molar-refractivity contribution >= 4 is 46.2 Å². The number of fused-ring (bicyclic) bond motifs is 1. The lowest BCUT2D eigenvalue weighted by Crippen LogP contribution is -2.48. The average molecular weight is 592 g/mol. The standard InChI is InChI=1S/C29H37N9O3S/c1-18-19(2)35-36-25(18)34-26-21-13-24(42-29(3,4)5)23(14-22(21)32-17-33-26)41-12-11-37-7-9-38(10-8-37)28-30-15-20(16-31-28)27(39)40-6/h13-17H,7-12H2,1-6H3,(H2,32,33,34,35,36). The fraction of sp³-hybridized carbons (Fsp3) is 0.448. The van der Waals surface area contributed by atoms with E-state index >= 15 is 0 Å². The van der Waals surface area contributed by atoms with Crippen LogP contribution in [0.1, 0.15) is 42.4 Å². The highest BCUT2D eigenvalue weighted by atomic mass is 32.2. The van der Waals surface area contributed by atoms with E-state index < -0.39 is 5.97 Å². The molecule has 1 saturated heterocycles. The second-order valence-electron chi connectivity index (χ2n) is 11.1. The lowest BCUT2D eigenvalue weighted by atomic mass is 10.2. The van der Waals surface area contributed by atoms with Crippen LogP contribution in [0.4, 0.5) is 17.6 Å². The van der Waals surface area contributed by atoms with Gasteiger partial charge < -0.3 is 19.7 Å². The number of hydrogen-bond acceptors (Lipinski definition) is 12. The van der Waals surface area contributed by atoms with E-state index in [4.69, 9.17) is 9.47 Å². The first-order chi connectivity index (χ1) is 20.1. The van der Waals surface area contributed by atoms with Crippen molar-refractivity contribution in [3.63, 3.8) is 0 Å². The Balaban J connectivity index is 1.24. The Morgan fingerprint density at radius 1 is 1.05 bits per heavy atom. The molecule has 0 radical (unpaired) electrons. The maximum atomic E-state index is 11.6. The molecule has 0 unspecified atom stereocenters. The number of esters is 1. The topological polar surface area (TPSA) is 134 Å². The highest BCUT2D eigenvalue weighted by molar-refractivity contribution is 8.00. The number of hydrogen-bond donors (Lipinski definition) is 2. The molecule has 1 fully saturated rings. The first-order valence-electron chi connectivity index (χ1n) is 13.9. The van der Waals surface area contributed by atoms with Crippen LogP contribution in [0.15, 0.2) is 35.7 Å². The summed E-state index contributed by atoms with van der Waals surface area (Å²) in [6.07, 6.45) is 4.58. The van der Waals surface area contributed by atoms with E-state index in [9.17, 15) is 4.79 Å². The molecule has 1 aliphatic rings. The number of carbonyl (C=O) groups is 1. The van der Waals surface area contributed by atoms with Crippen molar-refractivity contribution in [1.29, 1.82) is 0 Å². The van der Waals surface area contributed by atoms with Crippen LogP contribution in [0.3, 0.4) is 0 Å². The summed E-state index contributed by atoms with van der Waals surface area (Å²) in [6.45, 7) is 15.2. The largest absolute Gasteiger partial charge is 0.491 e. The molecular weight excluding hydrogens is 554 g/mol. The van der Waals surface area contributed by atoms with Gasteiger partial charge in [-0.3, -0.25) is 10.00 Å². The first kappa shape index (κ1) is 29.5. The van der Waals surface area contributed by atoms with E-state index in [1.54, 1.807) is 18.1 Å². The number of rotatable bonds is 9. The number of aromatic amines is 1. The predicted octanol–water partition coefficient (Wildman–Crippen LogP) is 4.38. The average Bonchev–Trinajstić information content (AvgIpc) is 3.29. The van der Waals surface area contributed by atoms with Gasteiger partial charge in [0.05, 0.1) is 23.1 Å². The summed E-state index contributed by atoms with van der Waals surface area (Å²) in [6, 6.07) is 4.12. The fourth-order valence-electron chi connectivity index (χ4n) is 4.57. The molecule has 0 spiro atoms. The fourth-order valence-corrected chi connectivity index (χ4v) is 5.62. The number of piperazine rings is 1. The summed E-state index contributed by atoms with van der Waals surface area (Å²) >= 11 is 1.76. The molecule has 1 aromatic carbocycles. The molecule has 0 atom stereocenters. The van der Waals surface area contributed by atoms with Crippen molar-refractivity contribution in [1.82, 2.24) is 35.0 Å². The Morgan fingerprint density at radius 2 is 1.79 bits per heavy atom. The second kappa shape index (κ2) is 12.5. The number of thioether (sulfide) groups is 1. The van der Waals surface area contributed by atoms with E-state index in [0.29, 0.717) is 23.9 Å². The molecule has 5 rings (SSSR count). The van der Waals surface area contributed by atoms with Gasteiger partial charge >= 0.3 is 5.97 Å². The molecule has 13 heteroatoms. The maximum absolute atomic E-state index is 11.6. The Labute approximate surface area is 249 Å². The van der Waals surface area contributed by atoms with Gasteiger partial charge in [-0.1, -0.05) is 20.8 Å². The molecular formula is C29H37N9O3S. The van der Waals surface area contributed by atoms with Gasteiger partial charge in [0.15, 0.2) is 5.82 Å². The van der Waals surface area contributed by atoms with Gasteiger partial charge in [0, 0.05) is 72.6 Å². The number of aromatic nitrogens is 6. The Kier molecular flexibility index (Phi) is 8.78. The number of nitrogens with zero attached hydrogens (tertiary/aromatic N) is 7. The zero-order chi connectivity index (χ0) is 29.9. The van der Waals surface area contributed by atoms with Crippen LogP contribution in [0.2, 0.25) is 0 Å². The van der Waals surface area contributed by atoms with Gasteiger partial charge in [0.25, 0.3) is 0 Å². The van der Waals surface area contributed by atoms with E-state index in [1.807, 2.05) is 19.9 Å². The van der Waals surface area contributed by atoms with Gasteiger partial charge in [-0.05, 0) is 19.9 Å². The summed E-state index contributed by atoms with van der Waals surface area (Å²) in [5, 5.41) is 11.7. The van der Waals surface area contributed by atoms with Crippen LogP contribution in [0.25, 0.3) is 10.9 Å². The highest BCUT2D eigenvalue weighted by Crippen LogP contribution is 2.41. The molecule has 0 aliphatic carbocycles. The number of carbonyl (C=O) groups excluding carboxylic acids is 1. The van der Waals surface area contributed by atoms with Crippen LogP contribution in [0.5, 0.6) is 5.75 Å². The number of aryl methyl sites for hydroxylation is 1. The molecule has 0 amide bonds. The van der Waals surface area contributed by atoms with E-state index in [2.05, 4.69) is 72.1 Å². The van der Waals surface area contributed by atoms with Crippen LogP contribution in [0, 0.1) is 13.8 Å². The van der Waals surface area contributed by atoms with Gasteiger partial charge in [-0.2, -0.15) is 5.10 Å². The van der Waals surface area contributed by atoms with Gasteiger partial charge in [-0.15, -0.1) is 11.8 Å². The molecule has 0 saturated carbocycles. The monoisotopic (exact) mass is 591 g/mol. The summed E-state index contributed by atoms with van der Waals surface area (Å²) in [7, 11) is 1.34. The lowest BCUT2D eigenvalue weighted by Gasteiger charge is -2.34. The van der Waals surface area contributed by atoms with Crippen molar-refractivity contribution < 1.29 is 14.3 Å². The molecule has 3 aromatic heterocycles. The normalized spacial score (nSPS) is 14.3. The van der Waals surface area contributed by atoms with Gasteiger partial charge in [0.2, 0.25) is 5.95 Å². The predicted molar refractivity (Wildman–Crippen MR) is 164 cm³/mol. The Hall–Kier alpha value is -3.97. The number of ether oxygens (including phenoxy) is 2. The van der Waals surface area contributed by atoms with Crippen molar-refractivity contribution in [2.24, 2.45) is 0 Å². The minimum atomic E-state index is -0.439. The third-order valence-electron chi connectivity index (χ3n) is 6.99. The zero-order valence-electron chi connectivity index (χ0n) is 24.9. The molecule has 222 valence electrons. The maximum Gasteiger partial charge on any atom is 0.341 e. The third-order valence-corrected chi connectivity index (χ3v) is 8.14. The number of benzene rings is 1. The van der Waals surface area contributed by atoms with Crippen LogP contribution < -0.4 is 15.0 Å². The van der Waals surface area contributed by atoms with Crippen molar-refractivity contribution in [2.45, 2.75) is 44.3 Å². The minimum Gasteiger partial charge on any atom is -0.491 e. The second-order valence-corrected chi connectivity index (χ2v) is 13.0. The molecule has 4 heterocycles. The van der Waals surface area contributed by atoms with Crippen molar-refractivity contribution in [2.75, 3.05) is 56.7 Å². The molecule has 0 bridgehead atoms. The minimum absolute atomic E-state index is 0.0155. The zero-order valence-corrected chi connectivity index (χ0v) is 25.7. The van der Waals surface area contributed by atoms with Gasteiger partial charge in [0.1, 0.15) is 24.5 Å². The number of H-pyrrole nitrogens is 1. The van der Waals surface area contributed by atoms with Crippen LogP contribution in [-0.2, 0) is 4.74 Å². The summed E-state index contributed by atoms with van der Waals surface area (Å²) in [5.41, 5.74) is 3.21. The number of anilines is 3. The SMILES string of the molecule is COC(=O)c1cnc(N2CCN(CCOc3cc4ncnc(Nc5n[nH]c(C)c5C)c4cc3SC(C)(C)C)CC2)nc1. The molecule has 12 nitrogen and oxygen atoms in total. The van der Waals surface area contributed by atoms with Crippen molar-refractivity contribution in [3.05, 3.63) is 47.7 Å². The van der Waals surface area contributed by atoms with E-state index in [1.165, 1.54) is 19.5 Å². The van der Waals surface area contributed by atoms with Gasteiger partial charge in [-0.25, -0.2) is 24.7 Å². The smallest absolute Gasteiger partial charge is 0.341 e. The summed E-state index contributed by atoms with van der Waals surface area (Å²) in [4.78, 5) is 34.9. The Morgan fingerprint density at radius 3 is 2.43 bits per heavy atom. The molecule has 42 heavy (non-hydrogen) atoms. The number of nitrogens with one attached hydrogen (secondary N) is 2. The van der Waals surface area contributed by atoms with Crippen LogP contribution >= 0.6 is 11.8 Å². The number of methoxy groups -OCH3 is 1. The highest BCUT2D eigenvalue weighted by Gasteiger charge is 2.22. The quantitative estimate of drug-likeness (QED) is 0.211. The van der Waals surface area contributed by atoms with E-state index in [0.717, 1.165) is 71.3 Å². The third kappa shape index (κ3) is 6.90. The molecule has 4 aromatic rings. The molecule has 1 aliphatic heterocycles. The van der Waals surface area contributed by atoms with Crippen molar-refractivity contribution in [3.8, 4) is 5.75 Å². The summed E-state index contributed by atoms with van der Waals surface area (Å²) < 4.78 is 11.1. The lowest BCUT2D eigenvalue weighted by molar-refractivity contribution is 0.0599.